The highest BCUT2D eigenvalue weighted by Crippen LogP contribution is 2.67. The van der Waals surface area contributed by atoms with Gasteiger partial charge >= 0.3 is 0 Å². The average Bonchev–Trinajstić information content (AvgIpc) is 2.88. The van der Waals surface area contributed by atoms with Gasteiger partial charge in [-0.15, -0.1) is 0 Å². The average molecular weight is 353 g/mol. The monoisotopic (exact) mass is 352 g/mol. The molecule has 0 aromatic heterocycles. The van der Waals surface area contributed by atoms with Gasteiger partial charge in [0.15, 0.2) is 0 Å². The third-order valence-electron chi connectivity index (χ3n) is 8.75. The van der Waals surface area contributed by atoms with Crippen LogP contribution in [0.4, 0.5) is 4.39 Å². The largest absolute Gasteiger partial charge is 0.393 e. The minimum atomic E-state index is -1.33. The van der Waals surface area contributed by atoms with Crippen molar-refractivity contribution in [2.24, 2.45) is 28.6 Å². The fourth-order valence-electron chi connectivity index (χ4n) is 6.99. The summed E-state index contributed by atoms with van der Waals surface area (Å²) in [5.41, 5.74) is 0.00917. The van der Waals surface area contributed by atoms with Gasteiger partial charge in [0.2, 0.25) is 0 Å². The van der Waals surface area contributed by atoms with E-state index in [2.05, 4.69) is 26.8 Å². The van der Waals surface area contributed by atoms with Crippen molar-refractivity contribution in [1.29, 1.82) is 0 Å². The van der Waals surface area contributed by atoms with Crippen LogP contribution in [0.2, 0.25) is 0 Å². The van der Waals surface area contributed by atoms with Crippen molar-refractivity contribution in [3.8, 4) is 0 Å². The number of allylic oxidation sites excluding steroid dienone is 2. The van der Waals surface area contributed by atoms with E-state index in [1.54, 1.807) is 0 Å². The summed E-state index contributed by atoms with van der Waals surface area (Å²) in [4.78, 5) is 0. The molecule has 3 saturated carbocycles. The Morgan fingerprint density at radius 2 is 1.80 bits per heavy atom. The Bertz CT molecular complexity index is 546. The molecule has 144 valence electrons. The van der Waals surface area contributed by atoms with Gasteiger partial charge in [-0.1, -0.05) is 39.3 Å². The van der Waals surface area contributed by atoms with Crippen molar-refractivity contribution in [2.75, 3.05) is 0 Å². The van der Waals surface area contributed by atoms with Crippen molar-refractivity contribution >= 4 is 0 Å². The first-order valence-electron chi connectivity index (χ1n) is 10.4. The van der Waals surface area contributed by atoms with Gasteiger partial charge < -0.3 is 10.2 Å². The number of hydrogen-bond donors (Lipinski definition) is 2. The van der Waals surface area contributed by atoms with Gasteiger partial charge in [-0.05, 0) is 68.6 Å². The topological polar surface area (TPSA) is 40.5 Å². The standard InChI is InChI=1S/C20H31FO2.C2H6/c1-12-4-5-15-14-10-17(21)20(23)11-13(22)6-9-19(20,3)16(14)7-8-18(12,15)2;1-2/h4,13-17,22-23H,5-11H2,1-3H3;1-2H3. The Labute approximate surface area is 152 Å². The Balaban J connectivity index is 0.000000880. The molecule has 2 N–H and O–H groups in total. The molecule has 0 heterocycles. The lowest BCUT2D eigenvalue weighted by Crippen LogP contribution is -2.67. The molecule has 25 heavy (non-hydrogen) atoms. The van der Waals surface area contributed by atoms with Crippen LogP contribution in [0, 0.1) is 28.6 Å². The summed E-state index contributed by atoms with van der Waals surface area (Å²) in [7, 11) is 0. The van der Waals surface area contributed by atoms with E-state index in [1.807, 2.05) is 13.8 Å². The zero-order chi connectivity index (χ0) is 18.6. The van der Waals surface area contributed by atoms with Crippen molar-refractivity contribution in [3.05, 3.63) is 11.6 Å². The van der Waals surface area contributed by atoms with Gasteiger partial charge in [0.25, 0.3) is 0 Å². The molecule has 4 rings (SSSR count). The van der Waals surface area contributed by atoms with Crippen LogP contribution in [0.5, 0.6) is 0 Å². The first-order chi connectivity index (χ1) is 11.7. The molecule has 3 heteroatoms. The highest BCUT2D eigenvalue weighted by atomic mass is 19.1. The van der Waals surface area contributed by atoms with Gasteiger partial charge in [-0.2, -0.15) is 0 Å². The molecule has 8 unspecified atom stereocenters. The summed E-state index contributed by atoms with van der Waals surface area (Å²) in [5.74, 6) is 1.30. The lowest BCUT2D eigenvalue weighted by atomic mass is 9.43. The van der Waals surface area contributed by atoms with E-state index in [-0.39, 0.29) is 17.3 Å². The molecule has 0 bridgehead atoms. The fourth-order valence-corrected chi connectivity index (χ4v) is 6.99. The van der Waals surface area contributed by atoms with Crippen LogP contribution >= 0.6 is 0 Å². The molecule has 0 aromatic carbocycles. The number of alkyl halides is 1. The first-order valence-corrected chi connectivity index (χ1v) is 10.4. The van der Waals surface area contributed by atoms with Crippen LogP contribution in [-0.2, 0) is 0 Å². The summed E-state index contributed by atoms with van der Waals surface area (Å²) in [5, 5.41) is 21.3. The second kappa shape index (κ2) is 6.34. The molecule has 0 aliphatic heterocycles. The van der Waals surface area contributed by atoms with Crippen molar-refractivity contribution in [1.82, 2.24) is 0 Å². The number of aliphatic hydroxyl groups excluding tert-OH is 1. The Morgan fingerprint density at radius 1 is 1.12 bits per heavy atom. The lowest BCUT2D eigenvalue weighted by molar-refractivity contribution is -0.247. The molecule has 0 aromatic rings. The second-order valence-electron chi connectivity index (χ2n) is 9.40. The van der Waals surface area contributed by atoms with E-state index in [0.29, 0.717) is 30.6 Å². The van der Waals surface area contributed by atoms with Crippen LogP contribution in [0.15, 0.2) is 11.6 Å². The van der Waals surface area contributed by atoms with E-state index in [0.717, 1.165) is 25.7 Å². The van der Waals surface area contributed by atoms with Crippen LogP contribution < -0.4 is 0 Å². The summed E-state index contributed by atoms with van der Waals surface area (Å²) < 4.78 is 15.2. The smallest absolute Gasteiger partial charge is 0.130 e. The highest BCUT2D eigenvalue weighted by molar-refractivity contribution is 5.25. The molecule has 4 aliphatic rings. The summed E-state index contributed by atoms with van der Waals surface area (Å²) in [6, 6.07) is 0. The number of halogens is 1. The molecular formula is C22H37FO2. The van der Waals surface area contributed by atoms with E-state index in [1.165, 1.54) is 5.57 Å². The Morgan fingerprint density at radius 3 is 2.48 bits per heavy atom. The van der Waals surface area contributed by atoms with Crippen molar-refractivity contribution in [3.63, 3.8) is 0 Å². The maximum absolute atomic E-state index is 15.2. The molecule has 0 amide bonds. The van der Waals surface area contributed by atoms with E-state index >= 15 is 4.39 Å². The first kappa shape index (κ1) is 19.4. The zero-order valence-corrected chi connectivity index (χ0v) is 16.7. The molecule has 0 saturated heterocycles. The second-order valence-corrected chi connectivity index (χ2v) is 9.40. The predicted octanol–water partition coefficient (Wildman–Crippen LogP) is 5.04. The molecular weight excluding hydrogens is 315 g/mol. The predicted molar refractivity (Wildman–Crippen MR) is 100.0 cm³/mol. The third-order valence-corrected chi connectivity index (χ3v) is 8.75. The van der Waals surface area contributed by atoms with E-state index in [4.69, 9.17) is 0 Å². The van der Waals surface area contributed by atoms with Crippen molar-refractivity contribution in [2.45, 2.75) is 97.4 Å². The van der Waals surface area contributed by atoms with E-state index in [9.17, 15) is 10.2 Å². The van der Waals surface area contributed by atoms with Gasteiger partial charge in [-0.3, -0.25) is 0 Å². The summed E-state index contributed by atoms with van der Waals surface area (Å²) >= 11 is 0. The minimum absolute atomic E-state index is 0.215. The van der Waals surface area contributed by atoms with E-state index < -0.39 is 17.9 Å². The van der Waals surface area contributed by atoms with Gasteiger partial charge in [0.05, 0.1) is 6.10 Å². The lowest BCUT2D eigenvalue weighted by Gasteiger charge is -2.64. The highest BCUT2D eigenvalue weighted by Gasteiger charge is 2.66. The third kappa shape index (κ3) is 2.48. The maximum Gasteiger partial charge on any atom is 0.130 e. The van der Waals surface area contributed by atoms with Crippen LogP contribution in [-0.4, -0.2) is 28.1 Å². The minimum Gasteiger partial charge on any atom is -0.393 e. The molecule has 3 fully saturated rings. The molecule has 2 nitrogen and oxygen atoms in total. The summed E-state index contributed by atoms with van der Waals surface area (Å²) in [6.45, 7) is 10.7. The Kier molecular flexibility index (Phi) is 4.90. The van der Waals surface area contributed by atoms with Crippen LogP contribution in [0.1, 0.15) is 79.6 Å². The SMILES string of the molecule is CC.CC1=CCC2C3CC(F)C4(O)CC(O)CCC4(C)C3CCC12C. The maximum atomic E-state index is 15.2. The van der Waals surface area contributed by atoms with Crippen molar-refractivity contribution < 1.29 is 14.6 Å². The number of fused-ring (bicyclic) bond motifs is 5. The van der Waals surface area contributed by atoms with Crippen LogP contribution in [0.3, 0.4) is 0 Å². The number of aliphatic hydroxyl groups is 2. The molecule has 0 radical (unpaired) electrons. The van der Waals surface area contributed by atoms with Gasteiger partial charge in [0.1, 0.15) is 11.8 Å². The van der Waals surface area contributed by atoms with Gasteiger partial charge in [-0.25, -0.2) is 4.39 Å². The molecule has 0 spiro atoms. The fraction of sp³-hybridized carbons (Fsp3) is 0.909. The van der Waals surface area contributed by atoms with Gasteiger partial charge in [0, 0.05) is 11.8 Å². The normalized spacial score (nSPS) is 54.4. The van der Waals surface area contributed by atoms with Crippen LogP contribution in [0.25, 0.3) is 0 Å². The number of rotatable bonds is 0. The Hall–Kier alpha value is -0.410. The molecule has 8 atom stereocenters. The molecule has 4 aliphatic carbocycles. The summed E-state index contributed by atoms with van der Waals surface area (Å²) in [6.07, 6.45) is 6.09. The zero-order valence-electron chi connectivity index (χ0n) is 16.7. The quantitative estimate of drug-likeness (QED) is 0.600. The number of hydrogen-bond acceptors (Lipinski definition) is 2.